The Kier molecular flexibility index (Phi) is 5.82. The summed E-state index contributed by atoms with van der Waals surface area (Å²) < 4.78 is 6.16. The molecule has 0 aromatic heterocycles. The summed E-state index contributed by atoms with van der Waals surface area (Å²) in [4.78, 5) is 3.26. The molecule has 1 saturated carbocycles. The Morgan fingerprint density at radius 3 is 2.70 bits per heavy atom. The fourth-order valence-corrected chi connectivity index (χ4v) is 3.92. The Hall–Kier alpha value is -0.190. The molecule has 0 aromatic rings. The smallest absolute Gasteiger partial charge is 0.0740 e. The normalized spacial score (nSPS) is 25.7. The number of nitrogens with two attached hydrogens (primary N) is 1. The lowest BCUT2D eigenvalue weighted by atomic mass is 9.87. The second-order valence-corrected chi connectivity index (χ2v) is 7.51. The Labute approximate surface area is 129 Å². The van der Waals surface area contributed by atoms with Crippen LogP contribution in [0.4, 0.5) is 0 Å². The van der Waals surface area contributed by atoms with Gasteiger partial charge in [-0.05, 0) is 31.6 Å². The number of nitrogens with zero attached hydrogens (tertiary/aromatic N) is 1. The van der Waals surface area contributed by atoms with Gasteiger partial charge in [0.2, 0.25) is 0 Å². The van der Waals surface area contributed by atoms with Gasteiger partial charge in [-0.15, -0.1) is 0 Å². The van der Waals surface area contributed by atoms with Crippen molar-refractivity contribution in [1.82, 2.24) is 4.90 Å². The lowest BCUT2D eigenvalue weighted by Crippen LogP contribution is -2.49. The molecule has 1 heterocycles. The lowest BCUT2D eigenvalue weighted by Gasteiger charge is -2.43. The highest BCUT2D eigenvalue weighted by molar-refractivity contribution is 7.80. The molecule has 116 valence electrons. The van der Waals surface area contributed by atoms with Crippen LogP contribution in [0, 0.1) is 5.92 Å². The van der Waals surface area contributed by atoms with Crippen molar-refractivity contribution in [3.8, 4) is 0 Å². The first-order valence-electron chi connectivity index (χ1n) is 8.17. The monoisotopic (exact) mass is 298 g/mol. The number of rotatable bonds is 6. The molecule has 1 aliphatic carbocycles. The van der Waals surface area contributed by atoms with Gasteiger partial charge in [0.05, 0.1) is 10.6 Å². The van der Waals surface area contributed by atoms with E-state index in [1.54, 1.807) is 0 Å². The SMILES string of the molecule is CC(C)CN(CCC(N)=S)C1CCOC2(CCCC2)C1. The van der Waals surface area contributed by atoms with E-state index in [4.69, 9.17) is 22.7 Å². The van der Waals surface area contributed by atoms with Crippen LogP contribution in [0.3, 0.4) is 0 Å². The number of hydrogen-bond donors (Lipinski definition) is 1. The highest BCUT2D eigenvalue weighted by Gasteiger charge is 2.41. The molecule has 0 aromatic carbocycles. The second-order valence-electron chi connectivity index (χ2n) is 6.99. The molecule has 4 heteroatoms. The van der Waals surface area contributed by atoms with E-state index in [-0.39, 0.29) is 5.60 Å². The summed E-state index contributed by atoms with van der Waals surface area (Å²) in [5, 5.41) is 0. The summed E-state index contributed by atoms with van der Waals surface area (Å²) in [6.45, 7) is 7.65. The maximum absolute atomic E-state index is 6.16. The van der Waals surface area contributed by atoms with Crippen LogP contribution in [0.2, 0.25) is 0 Å². The minimum atomic E-state index is 0.196. The first kappa shape index (κ1) is 16.2. The standard InChI is InChI=1S/C16H30N2OS/c1-13(2)12-18(9-5-15(17)20)14-6-10-19-16(11-14)7-3-4-8-16/h13-14H,3-12H2,1-2H3,(H2,17,20). The van der Waals surface area contributed by atoms with E-state index in [9.17, 15) is 0 Å². The van der Waals surface area contributed by atoms with Gasteiger partial charge in [0.25, 0.3) is 0 Å². The van der Waals surface area contributed by atoms with Crippen LogP contribution in [-0.2, 0) is 4.74 Å². The van der Waals surface area contributed by atoms with E-state index >= 15 is 0 Å². The molecule has 3 nitrogen and oxygen atoms in total. The molecular formula is C16H30N2OS. The van der Waals surface area contributed by atoms with E-state index < -0.39 is 0 Å². The molecule has 0 amide bonds. The van der Waals surface area contributed by atoms with Crippen LogP contribution in [0.15, 0.2) is 0 Å². The largest absolute Gasteiger partial charge is 0.393 e. The zero-order valence-electron chi connectivity index (χ0n) is 13.1. The zero-order chi connectivity index (χ0) is 14.6. The van der Waals surface area contributed by atoms with Gasteiger partial charge >= 0.3 is 0 Å². The third kappa shape index (κ3) is 4.40. The summed E-state index contributed by atoms with van der Waals surface area (Å²) in [5.74, 6) is 0.684. The van der Waals surface area contributed by atoms with Gasteiger partial charge in [0.1, 0.15) is 0 Å². The molecule has 2 aliphatic rings. The molecule has 1 unspecified atom stereocenters. The third-order valence-corrected chi connectivity index (χ3v) is 4.95. The van der Waals surface area contributed by atoms with Gasteiger partial charge in [-0.1, -0.05) is 38.9 Å². The predicted octanol–water partition coefficient (Wildman–Crippen LogP) is 3.11. The van der Waals surface area contributed by atoms with Gasteiger partial charge in [-0.3, -0.25) is 4.90 Å². The van der Waals surface area contributed by atoms with Crippen LogP contribution >= 0.6 is 12.2 Å². The van der Waals surface area contributed by atoms with E-state index in [1.165, 1.54) is 32.1 Å². The predicted molar refractivity (Wildman–Crippen MR) is 88.0 cm³/mol. The maximum atomic E-state index is 6.16. The average molecular weight is 298 g/mol. The van der Waals surface area contributed by atoms with Crippen LogP contribution < -0.4 is 5.73 Å². The van der Waals surface area contributed by atoms with Gasteiger partial charge in [-0.2, -0.15) is 0 Å². The first-order chi connectivity index (χ1) is 9.51. The summed E-state index contributed by atoms with van der Waals surface area (Å²) in [5.41, 5.74) is 5.89. The van der Waals surface area contributed by atoms with Crippen LogP contribution in [0.25, 0.3) is 0 Å². The van der Waals surface area contributed by atoms with Gasteiger partial charge in [0.15, 0.2) is 0 Å². The van der Waals surface area contributed by atoms with Crippen molar-refractivity contribution in [2.45, 2.75) is 70.4 Å². The van der Waals surface area contributed by atoms with Crippen molar-refractivity contribution in [1.29, 1.82) is 0 Å². The molecule has 2 fully saturated rings. The van der Waals surface area contributed by atoms with E-state index in [0.29, 0.717) is 16.9 Å². The third-order valence-electron chi connectivity index (χ3n) is 4.74. The maximum Gasteiger partial charge on any atom is 0.0740 e. The van der Waals surface area contributed by atoms with E-state index in [2.05, 4.69) is 18.7 Å². The van der Waals surface area contributed by atoms with E-state index in [0.717, 1.165) is 32.5 Å². The van der Waals surface area contributed by atoms with Crippen LogP contribution in [0.5, 0.6) is 0 Å². The fraction of sp³-hybridized carbons (Fsp3) is 0.938. The number of ether oxygens (including phenoxy) is 1. The minimum absolute atomic E-state index is 0.196. The van der Waals surface area contributed by atoms with Crippen LogP contribution in [0.1, 0.15) is 58.8 Å². The summed E-state index contributed by atoms with van der Waals surface area (Å²) >= 11 is 5.06. The van der Waals surface area contributed by atoms with Crippen molar-refractivity contribution in [3.63, 3.8) is 0 Å². The molecular weight excluding hydrogens is 268 g/mol. The van der Waals surface area contributed by atoms with Crippen molar-refractivity contribution < 1.29 is 4.74 Å². The molecule has 1 aliphatic heterocycles. The quantitative estimate of drug-likeness (QED) is 0.765. The molecule has 1 saturated heterocycles. The number of hydrogen-bond acceptors (Lipinski definition) is 3. The highest BCUT2D eigenvalue weighted by Crippen LogP contribution is 2.41. The highest BCUT2D eigenvalue weighted by atomic mass is 32.1. The topological polar surface area (TPSA) is 38.5 Å². The minimum Gasteiger partial charge on any atom is -0.393 e. The Morgan fingerprint density at radius 1 is 1.40 bits per heavy atom. The first-order valence-corrected chi connectivity index (χ1v) is 8.58. The van der Waals surface area contributed by atoms with Crippen molar-refractivity contribution in [3.05, 3.63) is 0 Å². The molecule has 1 atom stereocenters. The second kappa shape index (κ2) is 7.19. The summed E-state index contributed by atoms with van der Waals surface area (Å²) in [6, 6.07) is 0.651. The van der Waals surface area contributed by atoms with Gasteiger partial charge in [0, 0.05) is 32.2 Å². The zero-order valence-corrected chi connectivity index (χ0v) is 13.9. The fourth-order valence-electron chi connectivity index (χ4n) is 3.83. The molecule has 2 N–H and O–H groups in total. The van der Waals surface area contributed by atoms with Gasteiger partial charge in [-0.25, -0.2) is 0 Å². The molecule has 0 bridgehead atoms. The Morgan fingerprint density at radius 2 is 2.10 bits per heavy atom. The van der Waals surface area contributed by atoms with Crippen molar-refractivity contribution in [2.24, 2.45) is 11.7 Å². The average Bonchev–Trinajstić information content (AvgIpc) is 2.82. The Bertz CT molecular complexity index is 326. The lowest BCUT2D eigenvalue weighted by molar-refractivity contribution is -0.102. The Balaban J connectivity index is 1.97. The van der Waals surface area contributed by atoms with Crippen molar-refractivity contribution in [2.75, 3.05) is 19.7 Å². The van der Waals surface area contributed by atoms with Crippen molar-refractivity contribution >= 4 is 17.2 Å². The molecule has 2 rings (SSSR count). The van der Waals surface area contributed by atoms with E-state index in [1.807, 2.05) is 0 Å². The molecule has 0 radical (unpaired) electrons. The molecule has 1 spiro atoms. The van der Waals surface area contributed by atoms with Crippen LogP contribution in [-0.4, -0.2) is 41.2 Å². The number of thiocarbonyl (C=S) groups is 1. The molecule has 20 heavy (non-hydrogen) atoms. The summed E-state index contributed by atoms with van der Waals surface area (Å²) in [6.07, 6.45) is 8.39. The van der Waals surface area contributed by atoms with Gasteiger partial charge < -0.3 is 10.5 Å². The summed E-state index contributed by atoms with van der Waals surface area (Å²) in [7, 11) is 0.